The molecule has 1 N–H and O–H groups in total. The summed E-state index contributed by atoms with van der Waals surface area (Å²) in [7, 11) is 0. The van der Waals surface area contributed by atoms with E-state index in [4.69, 9.17) is 0 Å². The average molecular weight is 235 g/mol. The monoisotopic (exact) mass is 235 g/mol. The summed E-state index contributed by atoms with van der Waals surface area (Å²) >= 11 is 0. The number of aromatic nitrogens is 2. The largest absolute Gasteiger partial charge is 0.314 e. The van der Waals surface area contributed by atoms with E-state index < -0.39 is 0 Å². The lowest BCUT2D eigenvalue weighted by Gasteiger charge is -2.16. The minimum Gasteiger partial charge on any atom is -0.314 e. The smallest absolute Gasteiger partial charge is 0.0489 e. The molecule has 0 aliphatic heterocycles. The van der Waals surface area contributed by atoms with Gasteiger partial charge in [-0.05, 0) is 44.2 Å². The van der Waals surface area contributed by atoms with Gasteiger partial charge in [0.1, 0.15) is 0 Å². The molecule has 1 aromatic rings. The first-order chi connectivity index (χ1) is 8.34. The molecule has 0 radical (unpaired) electrons. The predicted molar refractivity (Wildman–Crippen MR) is 70.9 cm³/mol. The van der Waals surface area contributed by atoms with Crippen molar-refractivity contribution >= 4 is 0 Å². The summed E-state index contributed by atoms with van der Waals surface area (Å²) < 4.78 is 2.01. The van der Waals surface area contributed by atoms with E-state index in [9.17, 15) is 0 Å². The summed E-state index contributed by atoms with van der Waals surface area (Å²) in [6.45, 7) is 4.54. The van der Waals surface area contributed by atoms with Crippen LogP contribution in [0, 0.1) is 5.92 Å². The van der Waals surface area contributed by atoms with E-state index in [1.54, 1.807) is 0 Å². The van der Waals surface area contributed by atoms with Gasteiger partial charge >= 0.3 is 0 Å². The van der Waals surface area contributed by atoms with Gasteiger partial charge in [0.15, 0.2) is 0 Å². The summed E-state index contributed by atoms with van der Waals surface area (Å²) in [5.74, 6) is 0.936. The molecule has 1 aromatic heterocycles. The number of aryl methyl sites for hydroxylation is 1. The van der Waals surface area contributed by atoms with Gasteiger partial charge in [0.05, 0.1) is 0 Å². The second kappa shape index (κ2) is 6.80. The lowest BCUT2D eigenvalue weighted by Crippen LogP contribution is -2.30. The van der Waals surface area contributed by atoms with Crippen LogP contribution in [0.15, 0.2) is 18.5 Å². The Morgan fingerprint density at radius 3 is 3.06 bits per heavy atom. The van der Waals surface area contributed by atoms with Gasteiger partial charge in [-0.2, -0.15) is 5.10 Å². The predicted octanol–water partition coefficient (Wildman–Crippen LogP) is 2.83. The minimum atomic E-state index is 0.762. The number of nitrogens with one attached hydrogen (secondary N) is 1. The van der Waals surface area contributed by atoms with Crippen molar-refractivity contribution in [3.63, 3.8) is 0 Å². The molecule has 1 heterocycles. The fraction of sp³-hybridized carbons (Fsp3) is 0.786. The van der Waals surface area contributed by atoms with Gasteiger partial charge in [-0.15, -0.1) is 0 Å². The van der Waals surface area contributed by atoms with Gasteiger partial charge in [0.25, 0.3) is 0 Å². The fourth-order valence-corrected chi connectivity index (χ4v) is 2.67. The molecule has 96 valence electrons. The molecule has 0 aromatic carbocycles. The van der Waals surface area contributed by atoms with E-state index in [2.05, 4.69) is 17.3 Å². The molecule has 1 saturated carbocycles. The first-order valence-corrected chi connectivity index (χ1v) is 7.05. The Bertz CT molecular complexity index is 294. The van der Waals surface area contributed by atoms with Gasteiger partial charge in [0.2, 0.25) is 0 Å². The molecule has 0 spiro atoms. The standard InChI is InChI=1S/C14H25N3/c1-13-5-2-6-14(8-7-13)15-9-3-11-17-12-4-10-16-17/h4,10,12-15H,2-3,5-9,11H2,1H3. The highest BCUT2D eigenvalue weighted by atomic mass is 15.3. The molecule has 2 rings (SSSR count). The number of hydrogen-bond donors (Lipinski definition) is 1. The normalized spacial score (nSPS) is 25.7. The lowest BCUT2D eigenvalue weighted by molar-refractivity contribution is 0.432. The first kappa shape index (κ1) is 12.6. The van der Waals surface area contributed by atoms with E-state index in [1.165, 1.54) is 38.5 Å². The van der Waals surface area contributed by atoms with Gasteiger partial charge in [-0.3, -0.25) is 4.68 Å². The van der Waals surface area contributed by atoms with Crippen molar-refractivity contribution in [1.82, 2.24) is 15.1 Å². The molecule has 2 atom stereocenters. The van der Waals surface area contributed by atoms with Gasteiger partial charge < -0.3 is 5.32 Å². The highest BCUT2D eigenvalue weighted by molar-refractivity contribution is 4.78. The van der Waals surface area contributed by atoms with Gasteiger partial charge in [-0.25, -0.2) is 0 Å². The van der Waals surface area contributed by atoms with Crippen molar-refractivity contribution in [3.05, 3.63) is 18.5 Å². The summed E-state index contributed by atoms with van der Waals surface area (Å²) in [6, 6.07) is 2.75. The molecule has 1 aliphatic rings. The molecule has 1 fully saturated rings. The lowest BCUT2D eigenvalue weighted by atomic mass is 10.0. The average Bonchev–Trinajstić information content (AvgIpc) is 2.75. The Labute approximate surface area is 105 Å². The summed E-state index contributed by atoms with van der Waals surface area (Å²) in [4.78, 5) is 0. The third kappa shape index (κ3) is 4.50. The van der Waals surface area contributed by atoms with E-state index in [0.717, 1.165) is 25.0 Å². The maximum Gasteiger partial charge on any atom is 0.0489 e. The van der Waals surface area contributed by atoms with Crippen LogP contribution in [0.4, 0.5) is 0 Å². The summed E-state index contributed by atoms with van der Waals surface area (Å²) in [6.07, 6.45) is 12.0. The van der Waals surface area contributed by atoms with Crippen LogP contribution in [0.3, 0.4) is 0 Å². The van der Waals surface area contributed by atoms with Crippen LogP contribution >= 0.6 is 0 Å². The SMILES string of the molecule is CC1CCCC(NCCCn2cccn2)CC1. The molecule has 0 amide bonds. The summed E-state index contributed by atoms with van der Waals surface area (Å²) in [5.41, 5.74) is 0. The quantitative estimate of drug-likeness (QED) is 0.628. The van der Waals surface area contributed by atoms with Crippen LogP contribution < -0.4 is 5.32 Å². The van der Waals surface area contributed by atoms with Crippen molar-refractivity contribution in [2.24, 2.45) is 5.92 Å². The molecular formula is C14H25N3. The van der Waals surface area contributed by atoms with Crippen molar-refractivity contribution in [2.45, 2.75) is 58.0 Å². The molecule has 3 heteroatoms. The maximum atomic E-state index is 4.21. The fourth-order valence-electron chi connectivity index (χ4n) is 2.67. The zero-order valence-electron chi connectivity index (χ0n) is 10.9. The van der Waals surface area contributed by atoms with Crippen molar-refractivity contribution < 1.29 is 0 Å². The van der Waals surface area contributed by atoms with Gasteiger partial charge in [0, 0.05) is 25.0 Å². The third-order valence-corrected chi connectivity index (χ3v) is 3.81. The molecule has 0 bridgehead atoms. The zero-order chi connectivity index (χ0) is 11.9. The first-order valence-electron chi connectivity index (χ1n) is 7.05. The van der Waals surface area contributed by atoms with Crippen molar-refractivity contribution in [2.75, 3.05) is 6.54 Å². The van der Waals surface area contributed by atoms with Crippen LogP contribution in [0.2, 0.25) is 0 Å². The van der Waals surface area contributed by atoms with Crippen molar-refractivity contribution in [1.29, 1.82) is 0 Å². The second-order valence-corrected chi connectivity index (χ2v) is 5.39. The Morgan fingerprint density at radius 1 is 1.29 bits per heavy atom. The maximum absolute atomic E-state index is 4.21. The Balaban J connectivity index is 1.58. The van der Waals surface area contributed by atoms with E-state index in [-0.39, 0.29) is 0 Å². The van der Waals surface area contributed by atoms with Crippen LogP contribution in [0.25, 0.3) is 0 Å². The highest BCUT2D eigenvalue weighted by Crippen LogP contribution is 2.22. The van der Waals surface area contributed by atoms with Crippen LogP contribution in [-0.4, -0.2) is 22.4 Å². The molecule has 2 unspecified atom stereocenters. The molecular weight excluding hydrogens is 210 g/mol. The molecule has 1 aliphatic carbocycles. The second-order valence-electron chi connectivity index (χ2n) is 5.39. The number of nitrogens with zero attached hydrogens (tertiary/aromatic N) is 2. The third-order valence-electron chi connectivity index (χ3n) is 3.81. The molecule has 0 saturated heterocycles. The molecule has 17 heavy (non-hydrogen) atoms. The Kier molecular flexibility index (Phi) is 5.05. The highest BCUT2D eigenvalue weighted by Gasteiger charge is 2.14. The summed E-state index contributed by atoms with van der Waals surface area (Å²) in [5, 5.41) is 7.92. The van der Waals surface area contributed by atoms with E-state index >= 15 is 0 Å². The minimum absolute atomic E-state index is 0.762. The van der Waals surface area contributed by atoms with E-state index in [0.29, 0.717) is 0 Å². The Hall–Kier alpha value is -0.830. The number of hydrogen-bond acceptors (Lipinski definition) is 2. The number of rotatable bonds is 5. The topological polar surface area (TPSA) is 29.9 Å². The van der Waals surface area contributed by atoms with Gasteiger partial charge in [-0.1, -0.05) is 19.8 Å². The Morgan fingerprint density at radius 2 is 2.24 bits per heavy atom. The van der Waals surface area contributed by atoms with E-state index in [1.807, 2.05) is 23.1 Å². The van der Waals surface area contributed by atoms with Crippen LogP contribution in [0.5, 0.6) is 0 Å². The zero-order valence-corrected chi connectivity index (χ0v) is 10.9. The molecule has 3 nitrogen and oxygen atoms in total. The van der Waals surface area contributed by atoms with Crippen molar-refractivity contribution in [3.8, 4) is 0 Å². The van der Waals surface area contributed by atoms with Crippen LogP contribution in [-0.2, 0) is 6.54 Å². The van der Waals surface area contributed by atoms with Crippen LogP contribution in [0.1, 0.15) is 45.4 Å².